The molecule has 0 unspecified atom stereocenters. The number of esters is 1. The average Bonchev–Trinajstić information content (AvgIpc) is 2.60. The van der Waals surface area contributed by atoms with Crippen molar-refractivity contribution >= 4 is 27.3 Å². The van der Waals surface area contributed by atoms with E-state index in [4.69, 9.17) is 9.88 Å². The maximum absolute atomic E-state index is 11.5. The predicted octanol–water partition coefficient (Wildman–Crippen LogP) is 1.13. The first-order valence-corrected chi connectivity index (χ1v) is 7.14. The lowest BCUT2D eigenvalue weighted by molar-refractivity contribution is 0.0528. The molecule has 0 fully saturated rings. The SMILES string of the molecule is CCOC(=O)c1scc(CC)c1S(N)(=O)=O. The Hall–Kier alpha value is -0.920. The molecule has 90 valence electrons. The van der Waals surface area contributed by atoms with Gasteiger partial charge in [0.25, 0.3) is 0 Å². The first kappa shape index (κ1) is 13.1. The minimum atomic E-state index is -3.89. The molecule has 0 aliphatic carbocycles. The van der Waals surface area contributed by atoms with Crippen LogP contribution in [-0.2, 0) is 21.2 Å². The number of aryl methyl sites for hydroxylation is 1. The van der Waals surface area contributed by atoms with Gasteiger partial charge in [0.1, 0.15) is 9.77 Å². The third-order valence-corrected chi connectivity index (χ3v) is 4.12. The van der Waals surface area contributed by atoms with Crippen molar-refractivity contribution in [3.63, 3.8) is 0 Å². The number of carbonyl (C=O) groups excluding carboxylic acids is 1. The van der Waals surface area contributed by atoms with Crippen LogP contribution in [-0.4, -0.2) is 21.0 Å². The monoisotopic (exact) mass is 263 g/mol. The topological polar surface area (TPSA) is 86.5 Å². The van der Waals surface area contributed by atoms with Crippen LogP contribution in [0, 0.1) is 0 Å². The number of ether oxygens (including phenoxy) is 1. The molecule has 1 rings (SSSR count). The van der Waals surface area contributed by atoms with Gasteiger partial charge in [-0.15, -0.1) is 11.3 Å². The van der Waals surface area contributed by atoms with Crippen LogP contribution in [0.25, 0.3) is 0 Å². The summed E-state index contributed by atoms with van der Waals surface area (Å²) in [5.74, 6) is -0.642. The third kappa shape index (κ3) is 2.60. The Balaban J connectivity index is 3.31. The summed E-state index contributed by atoms with van der Waals surface area (Å²) in [6, 6.07) is 0. The molecule has 0 spiro atoms. The molecule has 0 aliphatic rings. The van der Waals surface area contributed by atoms with Crippen LogP contribution in [0.1, 0.15) is 29.1 Å². The molecule has 7 heteroatoms. The van der Waals surface area contributed by atoms with Gasteiger partial charge in [0.15, 0.2) is 0 Å². The number of primary sulfonamides is 1. The Labute approximate surface area is 98.3 Å². The van der Waals surface area contributed by atoms with Gasteiger partial charge < -0.3 is 4.74 Å². The summed E-state index contributed by atoms with van der Waals surface area (Å²) < 4.78 is 27.5. The van der Waals surface area contributed by atoms with Crippen LogP contribution < -0.4 is 5.14 Å². The van der Waals surface area contributed by atoms with Crippen LogP contribution in [0.15, 0.2) is 10.3 Å². The molecule has 0 atom stereocenters. The van der Waals surface area contributed by atoms with Crippen molar-refractivity contribution < 1.29 is 17.9 Å². The summed E-state index contributed by atoms with van der Waals surface area (Å²) in [5.41, 5.74) is 0.551. The molecule has 2 N–H and O–H groups in total. The van der Waals surface area contributed by atoms with Crippen molar-refractivity contribution in [2.24, 2.45) is 5.14 Å². The molecular weight excluding hydrogens is 250 g/mol. The Kier molecular flexibility index (Phi) is 4.06. The van der Waals surface area contributed by atoms with Gasteiger partial charge in [0.2, 0.25) is 10.0 Å². The number of sulfonamides is 1. The van der Waals surface area contributed by atoms with E-state index in [0.717, 1.165) is 11.3 Å². The second kappa shape index (κ2) is 4.94. The fourth-order valence-corrected chi connectivity index (χ4v) is 3.69. The summed E-state index contributed by atoms with van der Waals surface area (Å²) in [7, 11) is -3.89. The van der Waals surface area contributed by atoms with Gasteiger partial charge in [-0.3, -0.25) is 0 Å². The van der Waals surface area contributed by atoms with Gasteiger partial charge in [0.05, 0.1) is 6.61 Å². The number of carbonyl (C=O) groups is 1. The van der Waals surface area contributed by atoms with Crippen molar-refractivity contribution in [3.05, 3.63) is 15.8 Å². The molecule has 0 saturated heterocycles. The standard InChI is InChI=1S/C9H13NO4S2/c1-3-6-5-15-7(9(11)14-4-2)8(6)16(10,12)13/h5H,3-4H2,1-2H3,(H2,10,12,13). The summed E-state index contributed by atoms with van der Waals surface area (Å²) in [6.07, 6.45) is 0.502. The molecule has 5 nitrogen and oxygen atoms in total. The van der Waals surface area contributed by atoms with E-state index in [9.17, 15) is 13.2 Å². The Morgan fingerprint density at radius 2 is 2.12 bits per heavy atom. The highest BCUT2D eigenvalue weighted by atomic mass is 32.2. The lowest BCUT2D eigenvalue weighted by Gasteiger charge is -2.03. The van der Waals surface area contributed by atoms with Crippen LogP contribution in [0.2, 0.25) is 0 Å². The number of rotatable bonds is 4. The number of hydrogen-bond acceptors (Lipinski definition) is 5. The smallest absolute Gasteiger partial charge is 0.349 e. The van der Waals surface area contributed by atoms with E-state index in [1.165, 1.54) is 0 Å². The van der Waals surface area contributed by atoms with Crippen LogP contribution in [0.5, 0.6) is 0 Å². The van der Waals surface area contributed by atoms with Gasteiger partial charge in [0, 0.05) is 0 Å². The number of hydrogen-bond donors (Lipinski definition) is 1. The quantitative estimate of drug-likeness (QED) is 0.825. The van der Waals surface area contributed by atoms with E-state index in [1.54, 1.807) is 19.2 Å². The minimum absolute atomic E-state index is 0.0567. The van der Waals surface area contributed by atoms with E-state index in [1.807, 2.05) is 0 Å². The summed E-state index contributed by atoms with van der Waals surface area (Å²) in [4.78, 5) is 11.5. The van der Waals surface area contributed by atoms with Gasteiger partial charge in [-0.25, -0.2) is 18.4 Å². The van der Waals surface area contributed by atoms with E-state index in [2.05, 4.69) is 0 Å². The second-order valence-corrected chi connectivity index (χ2v) is 5.42. The Bertz CT molecular complexity index is 490. The largest absolute Gasteiger partial charge is 0.462 e. The lowest BCUT2D eigenvalue weighted by Crippen LogP contribution is -2.17. The summed E-state index contributed by atoms with van der Waals surface area (Å²) >= 11 is 1.04. The second-order valence-electron chi connectivity index (χ2n) is 3.04. The maximum Gasteiger partial charge on any atom is 0.349 e. The van der Waals surface area contributed by atoms with E-state index < -0.39 is 16.0 Å². The third-order valence-electron chi connectivity index (χ3n) is 1.94. The highest BCUT2D eigenvalue weighted by Crippen LogP contribution is 2.27. The first-order valence-electron chi connectivity index (χ1n) is 4.72. The molecule has 0 radical (unpaired) electrons. The van der Waals surface area contributed by atoms with Crippen molar-refractivity contribution in [3.8, 4) is 0 Å². The number of thiophene rings is 1. The van der Waals surface area contributed by atoms with Crippen molar-refractivity contribution in [2.75, 3.05) is 6.61 Å². The molecule has 0 amide bonds. The first-order chi connectivity index (χ1) is 7.41. The molecule has 1 aromatic heterocycles. The minimum Gasteiger partial charge on any atom is -0.462 e. The molecule has 1 aromatic rings. The highest BCUT2D eigenvalue weighted by molar-refractivity contribution is 7.89. The molecule has 0 aliphatic heterocycles. The lowest BCUT2D eigenvalue weighted by atomic mass is 10.2. The molecule has 0 saturated carbocycles. The van der Waals surface area contributed by atoms with Crippen LogP contribution >= 0.6 is 11.3 Å². The fraction of sp³-hybridized carbons (Fsp3) is 0.444. The molecule has 0 aromatic carbocycles. The number of nitrogens with two attached hydrogens (primary N) is 1. The van der Waals surface area contributed by atoms with E-state index in [-0.39, 0.29) is 16.4 Å². The summed E-state index contributed by atoms with van der Waals surface area (Å²) in [5, 5.41) is 6.70. The highest BCUT2D eigenvalue weighted by Gasteiger charge is 2.25. The van der Waals surface area contributed by atoms with Crippen molar-refractivity contribution in [2.45, 2.75) is 25.2 Å². The Morgan fingerprint density at radius 3 is 2.56 bits per heavy atom. The molecule has 0 bridgehead atoms. The van der Waals surface area contributed by atoms with Crippen molar-refractivity contribution in [1.29, 1.82) is 0 Å². The van der Waals surface area contributed by atoms with Gasteiger partial charge in [-0.2, -0.15) is 0 Å². The summed E-state index contributed by atoms with van der Waals surface area (Å²) in [6.45, 7) is 3.65. The van der Waals surface area contributed by atoms with Crippen LogP contribution in [0.4, 0.5) is 0 Å². The molecule has 1 heterocycles. The average molecular weight is 263 g/mol. The molecular formula is C9H13NO4S2. The Morgan fingerprint density at radius 1 is 1.50 bits per heavy atom. The van der Waals surface area contributed by atoms with Crippen molar-refractivity contribution in [1.82, 2.24) is 0 Å². The zero-order chi connectivity index (χ0) is 12.3. The fourth-order valence-electron chi connectivity index (χ4n) is 1.28. The normalized spacial score (nSPS) is 11.4. The zero-order valence-electron chi connectivity index (χ0n) is 9.02. The van der Waals surface area contributed by atoms with E-state index in [0.29, 0.717) is 12.0 Å². The maximum atomic E-state index is 11.5. The van der Waals surface area contributed by atoms with E-state index >= 15 is 0 Å². The van der Waals surface area contributed by atoms with Gasteiger partial charge >= 0.3 is 5.97 Å². The van der Waals surface area contributed by atoms with Crippen LogP contribution in [0.3, 0.4) is 0 Å². The molecule has 16 heavy (non-hydrogen) atoms. The van der Waals surface area contributed by atoms with Gasteiger partial charge in [-0.05, 0) is 24.3 Å². The van der Waals surface area contributed by atoms with Gasteiger partial charge in [-0.1, -0.05) is 6.92 Å². The zero-order valence-corrected chi connectivity index (χ0v) is 10.7. The predicted molar refractivity (Wildman–Crippen MR) is 61.0 cm³/mol.